The smallest absolute Gasteiger partial charge is 0.417 e. The number of nitriles is 1. The number of ether oxygens (including phenoxy) is 3. The summed E-state index contributed by atoms with van der Waals surface area (Å²) < 4.78 is 59.3. The molecule has 3 N–H and O–H groups in total. The number of carbonyl (C=O) groups excluding carboxylic acids is 4. The van der Waals surface area contributed by atoms with Crippen LogP contribution in [0.3, 0.4) is 0 Å². The predicted molar refractivity (Wildman–Crippen MR) is 238 cm³/mol. The minimum atomic E-state index is -4.79. The van der Waals surface area contributed by atoms with E-state index >= 15 is 0 Å². The Bertz CT molecular complexity index is 2310. The number of rotatable bonds is 16. The van der Waals surface area contributed by atoms with Crippen LogP contribution in [0.15, 0.2) is 79.1 Å². The van der Waals surface area contributed by atoms with Gasteiger partial charge >= 0.3 is 6.18 Å². The predicted octanol–water partition coefficient (Wildman–Crippen LogP) is 6.00. The highest BCUT2D eigenvalue weighted by atomic mass is 19.4. The quantitative estimate of drug-likeness (QED) is 0.145. The van der Waals surface area contributed by atoms with E-state index in [1.807, 2.05) is 45.0 Å². The Hall–Kier alpha value is -5.96. The first-order valence-electron chi connectivity index (χ1n) is 21.7. The number of nitrogens with zero attached hydrogens (tertiary/aromatic N) is 4. The molecule has 5 atom stereocenters. The summed E-state index contributed by atoms with van der Waals surface area (Å²) in [5, 5.41) is 18.2. The lowest BCUT2D eigenvalue weighted by molar-refractivity contribution is -0.144. The Morgan fingerprint density at radius 3 is 2.32 bits per heavy atom. The molecule has 2 saturated heterocycles. The molecule has 3 aromatic rings. The van der Waals surface area contributed by atoms with Crippen molar-refractivity contribution >= 4 is 35.0 Å². The second kappa shape index (κ2) is 19.6. The molecule has 2 fully saturated rings. The van der Waals surface area contributed by atoms with Gasteiger partial charge in [-0.2, -0.15) is 18.4 Å². The zero-order chi connectivity index (χ0) is 47.4. The van der Waals surface area contributed by atoms with E-state index in [-0.39, 0.29) is 61.8 Å². The Balaban J connectivity index is 0.996. The third kappa shape index (κ3) is 10.5. The van der Waals surface area contributed by atoms with Gasteiger partial charge in [0.1, 0.15) is 35.8 Å². The summed E-state index contributed by atoms with van der Waals surface area (Å²) in [4.78, 5) is 58.8. The number of fused-ring (bicyclic) bond motifs is 1. The molecule has 65 heavy (non-hydrogen) atoms. The van der Waals surface area contributed by atoms with E-state index in [0.717, 1.165) is 28.2 Å². The number of likely N-dealkylation sites (tertiary alicyclic amines) is 1. The Morgan fingerprint density at radius 2 is 1.66 bits per heavy atom. The minimum absolute atomic E-state index is 0.0534. The van der Waals surface area contributed by atoms with Crippen LogP contribution in [0, 0.1) is 16.7 Å². The molecule has 348 valence electrons. The van der Waals surface area contributed by atoms with E-state index in [0.29, 0.717) is 37.2 Å². The third-order valence-corrected chi connectivity index (χ3v) is 12.2. The maximum Gasteiger partial charge on any atom is 0.417 e. The fraction of sp³-hybridized carbons (Fsp3) is 0.479. The fourth-order valence-electron chi connectivity index (χ4n) is 8.57. The van der Waals surface area contributed by atoms with E-state index in [1.165, 1.54) is 6.07 Å². The van der Waals surface area contributed by atoms with E-state index < -0.39 is 58.3 Å². The topological polar surface area (TPSA) is 166 Å². The molecule has 1 aliphatic carbocycles. The van der Waals surface area contributed by atoms with Crippen molar-refractivity contribution in [3.8, 4) is 11.8 Å². The van der Waals surface area contributed by atoms with E-state index in [4.69, 9.17) is 14.2 Å². The molecule has 0 spiro atoms. The first-order valence-corrected chi connectivity index (χ1v) is 21.7. The van der Waals surface area contributed by atoms with Gasteiger partial charge in [0.05, 0.1) is 60.9 Å². The van der Waals surface area contributed by atoms with Crippen LogP contribution >= 0.6 is 0 Å². The first-order chi connectivity index (χ1) is 30.7. The van der Waals surface area contributed by atoms with Crippen molar-refractivity contribution in [1.29, 1.82) is 5.26 Å². The third-order valence-electron chi connectivity index (χ3n) is 12.2. The molecule has 17 heteroatoms. The molecular weight excluding hydrogens is 844 g/mol. The largest absolute Gasteiger partial charge is 0.491 e. The maximum absolute atomic E-state index is 14.0. The monoisotopic (exact) mass is 901 g/mol. The molecule has 3 aliphatic rings. The number of anilines is 2. The molecule has 0 unspecified atom stereocenters. The molecule has 4 amide bonds. The SMILES string of the molecule is C=C1N(c2ccc(C#N)c(C(F)(F)F)c2)C(=O)C(C)(C)N1c1ccc(OCCOCCO[C@@H]2Cc3ccccc3[C@@H]2NC(=O)[C@@H]2CCCN2C(=O)[C@@H](NC(=O)[C@H](C)NC)C(C)(C)C)cc1. The minimum Gasteiger partial charge on any atom is -0.491 e. The highest BCUT2D eigenvalue weighted by molar-refractivity contribution is 6.09. The standard InChI is InChI=1S/C48H58F3N7O7/c1-29(53-8)42(59)55-41(46(3,4)5)44(61)56-21-11-14-38(56)43(60)54-40-36-13-10-9-12-31(36)26-39(40)65-25-23-63-22-24-64-35-19-17-33(18-20-35)58-30(2)57(45(62)47(58,6)7)34-16-15-32(28-52)37(27-34)48(49,50)51/h9-10,12-13,15-20,27,29,38-41,53H,2,11,14,21-26H2,1,3-8H3,(H,54,60)(H,55,59)/t29-,38-,39+,40-,41+/m0/s1. The summed E-state index contributed by atoms with van der Waals surface area (Å²) in [5.74, 6) is -0.671. The second-order valence-corrected chi connectivity index (χ2v) is 18.1. The highest BCUT2D eigenvalue weighted by Crippen LogP contribution is 2.43. The number of hydrogen-bond donors (Lipinski definition) is 3. The lowest BCUT2D eigenvalue weighted by atomic mass is 9.85. The van der Waals surface area contributed by atoms with Crippen molar-refractivity contribution in [2.75, 3.05) is 49.8 Å². The molecular formula is C48H58F3N7O7. The average molecular weight is 902 g/mol. The second-order valence-electron chi connectivity index (χ2n) is 18.1. The van der Waals surface area contributed by atoms with Crippen molar-refractivity contribution in [3.05, 3.63) is 101 Å². The van der Waals surface area contributed by atoms with Gasteiger partial charge in [-0.1, -0.05) is 51.6 Å². The van der Waals surface area contributed by atoms with Gasteiger partial charge in [0, 0.05) is 18.7 Å². The zero-order valence-electron chi connectivity index (χ0n) is 37.9. The van der Waals surface area contributed by atoms with Crippen LogP contribution < -0.4 is 30.5 Å². The molecule has 0 saturated carbocycles. The van der Waals surface area contributed by atoms with Gasteiger partial charge in [0.2, 0.25) is 17.7 Å². The maximum atomic E-state index is 14.0. The van der Waals surface area contributed by atoms with Crippen molar-refractivity contribution in [2.24, 2.45) is 5.41 Å². The van der Waals surface area contributed by atoms with Gasteiger partial charge < -0.3 is 40.0 Å². The van der Waals surface area contributed by atoms with Crippen LogP contribution in [-0.4, -0.2) is 98.3 Å². The lowest BCUT2D eigenvalue weighted by Gasteiger charge is -2.36. The van der Waals surface area contributed by atoms with Crippen LogP contribution in [0.5, 0.6) is 5.75 Å². The van der Waals surface area contributed by atoms with Gasteiger partial charge in [-0.3, -0.25) is 24.1 Å². The Morgan fingerprint density at radius 1 is 0.985 bits per heavy atom. The van der Waals surface area contributed by atoms with Crippen LogP contribution in [0.25, 0.3) is 0 Å². The highest BCUT2D eigenvalue weighted by Gasteiger charge is 2.50. The van der Waals surface area contributed by atoms with Crippen molar-refractivity contribution in [1.82, 2.24) is 20.9 Å². The van der Waals surface area contributed by atoms with Crippen LogP contribution in [0.1, 0.15) is 82.7 Å². The summed E-state index contributed by atoms with van der Waals surface area (Å²) in [6, 6.07) is 16.9. The lowest BCUT2D eigenvalue weighted by Crippen LogP contribution is -2.59. The Kier molecular flexibility index (Phi) is 14.7. The van der Waals surface area contributed by atoms with E-state index in [1.54, 1.807) is 68.0 Å². The van der Waals surface area contributed by atoms with Crippen molar-refractivity contribution < 1.29 is 46.6 Å². The number of hydrogen-bond acceptors (Lipinski definition) is 10. The number of amides is 4. The van der Waals surface area contributed by atoms with Gasteiger partial charge in [0.25, 0.3) is 5.91 Å². The summed E-state index contributed by atoms with van der Waals surface area (Å²) >= 11 is 0. The number of carbonyl (C=O) groups is 4. The van der Waals surface area contributed by atoms with Gasteiger partial charge in [-0.15, -0.1) is 0 Å². The summed E-state index contributed by atoms with van der Waals surface area (Å²) in [6.45, 7) is 16.1. The Labute approximate surface area is 378 Å². The molecule has 2 heterocycles. The molecule has 3 aromatic carbocycles. The number of nitrogens with one attached hydrogen (secondary N) is 3. The normalized spacial score (nSPS) is 20.3. The van der Waals surface area contributed by atoms with E-state index in [9.17, 15) is 37.6 Å². The zero-order valence-corrected chi connectivity index (χ0v) is 37.9. The molecule has 14 nitrogen and oxygen atoms in total. The summed E-state index contributed by atoms with van der Waals surface area (Å²) in [7, 11) is 1.68. The van der Waals surface area contributed by atoms with Gasteiger partial charge in [0.15, 0.2) is 0 Å². The molecule has 0 aromatic heterocycles. The van der Waals surface area contributed by atoms with Crippen LogP contribution in [-0.2, 0) is 41.2 Å². The van der Waals surface area contributed by atoms with Gasteiger partial charge in [-0.25, -0.2) is 0 Å². The number of benzene rings is 3. The first kappa shape index (κ1) is 48.5. The number of likely N-dealkylation sites (N-methyl/N-ethyl adjacent to an activating group) is 1. The van der Waals surface area contributed by atoms with Crippen molar-refractivity contribution in [2.45, 2.75) is 103 Å². The van der Waals surface area contributed by atoms with Gasteiger partial charge in [-0.05, 0) is 99.7 Å². The van der Waals surface area contributed by atoms with Crippen LogP contribution in [0.2, 0.25) is 0 Å². The van der Waals surface area contributed by atoms with Crippen molar-refractivity contribution in [3.63, 3.8) is 0 Å². The average Bonchev–Trinajstić information content (AvgIpc) is 3.94. The molecule has 0 bridgehead atoms. The summed E-state index contributed by atoms with van der Waals surface area (Å²) in [6.07, 6.45) is -3.42. The molecule has 2 aliphatic heterocycles. The van der Waals surface area contributed by atoms with E-state index in [2.05, 4.69) is 22.5 Å². The fourth-order valence-corrected chi connectivity index (χ4v) is 8.57. The summed E-state index contributed by atoms with van der Waals surface area (Å²) in [5.41, 5.74) is -0.959. The number of halogens is 3. The molecule has 0 radical (unpaired) electrons. The van der Waals surface area contributed by atoms with Crippen LogP contribution in [0.4, 0.5) is 24.5 Å². The molecule has 6 rings (SSSR count). The number of alkyl halides is 3.